The van der Waals surface area contributed by atoms with E-state index in [2.05, 4.69) is 15.3 Å². The molecule has 0 aliphatic heterocycles. The molecule has 0 saturated carbocycles. The monoisotopic (exact) mass is 285 g/mol. The van der Waals surface area contributed by atoms with E-state index in [1.165, 1.54) is 6.20 Å². The Hall–Kier alpha value is -2.27. The predicted octanol–water partition coefficient (Wildman–Crippen LogP) is 2.03. The molecule has 0 bridgehead atoms. The van der Waals surface area contributed by atoms with E-state index in [0.29, 0.717) is 6.42 Å². The van der Waals surface area contributed by atoms with Crippen molar-refractivity contribution < 1.29 is 9.90 Å². The summed E-state index contributed by atoms with van der Waals surface area (Å²) >= 11 is 0. The van der Waals surface area contributed by atoms with Crippen LogP contribution in [0.15, 0.2) is 42.7 Å². The third kappa shape index (κ3) is 4.36. The highest BCUT2D eigenvalue weighted by Gasteiger charge is 2.15. The van der Waals surface area contributed by atoms with E-state index in [1.54, 1.807) is 6.20 Å². The van der Waals surface area contributed by atoms with Gasteiger partial charge in [-0.15, -0.1) is 0 Å². The Kier molecular flexibility index (Phi) is 5.00. The first-order valence-electron chi connectivity index (χ1n) is 6.89. The molecule has 0 aliphatic carbocycles. The first kappa shape index (κ1) is 15.1. The highest BCUT2D eigenvalue weighted by atomic mass is 16.3. The van der Waals surface area contributed by atoms with Gasteiger partial charge in [-0.1, -0.05) is 30.3 Å². The fraction of sp³-hybridized carbons (Fsp3) is 0.312. The largest absolute Gasteiger partial charge is 0.388 e. The van der Waals surface area contributed by atoms with Crippen LogP contribution in [0.2, 0.25) is 0 Å². The predicted molar refractivity (Wildman–Crippen MR) is 79.7 cm³/mol. The van der Waals surface area contributed by atoms with E-state index in [-0.39, 0.29) is 17.6 Å². The summed E-state index contributed by atoms with van der Waals surface area (Å²) in [4.78, 5) is 20.1. The number of hydrogen-bond donors (Lipinski definition) is 2. The Labute approximate surface area is 124 Å². The van der Waals surface area contributed by atoms with Crippen molar-refractivity contribution >= 4 is 5.91 Å². The van der Waals surface area contributed by atoms with Gasteiger partial charge in [-0.05, 0) is 25.8 Å². The van der Waals surface area contributed by atoms with Crippen molar-refractivity contribution in [3.8, 4) is 0 Å². The van der Waals surface area contributed by atoms with Crippen LogP contribution in [-0.2, 0) is 0 Å². The maximum absolute atomic E-state index is 12.0. The van der Waals surface area contributed by atoms with Gasteiger partial charge >= 0.3 is 0 Å². The Morgan fingerprint density at radius 1 is 1.24 bits per heavy atom. The van der Waals surface area contributed by atoms with Crippen LogP contribution in [0.5, 0.6) is 0 Å². The smallest absolute Gasteiger partial charge is 0.271 e. The average Bonchev–Trinajstić information content (AvgIpc) is 2.48. The molecule has 2 N–H and O–H groups in total. The van der Waals surface area contributed by atoms with Crippen molar-refractivity contribution in [1.82, 2.24) is 15.3 Å². The van der Waals surface area contributed by atoms with Gasteiger partial charge in [-0.2, -0.15) is 0 Å². The van der Waals surface area contributed by atoms with E-state index >= 15 is 0 Å². The van der Waals surface area contributed by atoms with Crippen molar-refractivity contribution in [2.75, 3.05) is 0 Å². The van der Waals surface area contributed by atoms with Gasteiger partial charge in [0.25, 0.3) is 5.91 Å². The minimum absolute atomic E-state index is 0.171. The number of hydrogen-bond acceptors (Lipinski definition) is 4. The van der Waals surface area contributed by atoms with Crippen LogP contribution in [0.4, 0.5) is 0 Å². The second-order valence-corrected chi connectivity index (χ2v) is 5.08. The maximum Gasteiger partial charge on any atom is 0.271 e. The molecule has 2 rings (SSSR count). The zero-order valence-corrected chi connectivity index (χ0v) is 12.2. The number of amides is 1. The van der Waals surface area contributed by atoms with E-state index in [0.717, 1.165) is 11.3 Å². The summed E-state index contributed by atoms with van der Waals surface area (Å²) in [5, 5.41) is 12.9. The minimum atomic E-state index is -0.606. The van der Waals surface area contributed by atoms with E-state index in [9.17, 15) is 9.90 Å². The van der Waals surface area contributed by atoms with Gasteiger partial charge in [0.05, 0.1) is 18.0 Å². The van der Waals surface area contributed by atoms with E-state index < -0.39 is 6.10 Å². The molecule has 2 atom stereocenters. The maximum atomic E-state index is 12.0. The zero-order valence-electron chi connectivity index (χ0n) is 12.2. The Morgan fingerprint density at radius 3 is 2.57 bits per heavy atom. The number of aliphatic hydroxyl groups excluding tert-OH is 1. The lowest BCUT2D eigenvalue weighted by Gasteiger charge is -2.18. The lowest BCUT2D eigenvalue weighted by Crippen LogP contribution is -2.34. The highest BCUT2D eigenvalue weighted by molar-refractivity contribution is 5.92. The molecule has 0 spiro atoms. The topological polar surface area (TPSA) is 75.1 Å². The fourth-order valence-electron chi connectivity index (χ4n) is 2.01. The Bertz CT molecular complexity index is 584. The molecule has 0 fully saturated rings. The number of benzene rings is 1. The number of carbonyl (C=O) groups is 1. The molecule has 1 amide bonds. The summed E-state index contributed by atoms with van der Waals surface area (Å²) in [7, 11) is 0. The number of rotatable bonds is 5. The molecule has 1 aromatic heterocycles. The summed E-state index contributed by atoms with van der Waals surface area (Å²) in [5.41, 5.74) is 1.88. The molecular weight excluding hydrogens is 266 g/mol. The Balaban J connectivity index is 1.91. The van der Waals surface area contributed by atoms with Gasteiger partial charge in [-0.3, -0.25) is 9.78 Å². The van der Waals surface area contributed by atoms with Crippen LogP contribution in [0.3, 0.4) is 0 Å². The van der Waals surface area contributed by atoms with E-state index in [4.69, 9.17) is 0 Å². The SMILES string of the molecule is Cc1cnc(C(=O)NC(C)CC(O)c2ccccc2)cn1. The van der Waals surface area contributed by atoms with Crippen LogP contribution in [0.1, 0.15) is 41.2 Å². The first-order valence-corrected chi connectivity index (χ1v) is 6.89. The lowest BCUT2D eigenvalue weighted by molar-refractivity contribution is 0.0911. The van der Waals surface area contributed by atoms with Crippen LogP contribution < -0.4 is 5.32 Å². The molecule has 1 aromatic carbocycles. The summed E-state index contributed by atoms with van der Waals surface area (Å²) in [5.74, 6) is -0.282. The lowest BCUT2D eigenvalue weighted by atomic mass is 10.0. The fourth-order valence-corrected chi connectivity index (χ4v) is 2.01. The van der Waals surface area contributed by atoms with Crippen molar-refractivity contribution in [3.63, 3.8) is 0 Å². The van der Waals surface area contributed by atoms with Gasteiger partial charge in [0.2, 0.25) is 0 Å². The normalized spacial score (nSPS) is 13.5. The van der Waals surface area contributed by atoms with Gasteiger partial charge in [0, 0.05) is 12.2 Å². The third-order valence-corrected chi connectivity index (χ3v) is 3.15. The van der Waals surface area contributed by atoms with Crippen molar-refractivity contribution in [2.24, 2.45) is 0 Å². The summed E-state index contributed by atoms with van der Waals surface area (Å²) < 4.78 is 0. The molecule has 5 nitrogen and oxygen atoms in total. The van der Waals surface area contributed by atoms with Crippen LogP contribution in [-0.4, -0.2) is 27.0 Å². The molecule has 0 saturated heterocycles. The number of aromatic nitrogens is 2. The molecule has 1 heterocycles. The van der Waals surface area contributed by atoms with Gasteiger partial charge in [0.1, 0.15) is 5.69 Å². The standard InChI is InChI=1S/C16H19N3O2/c1-11(8-15(20)13-6-4-3-5-7-13)19-16(21)14-10-17-12(2)9-18-14/h3-7,9-11,15,20H,8H2,1-2H3,(H,19,21). The number of nitrogens with zero attached hydrogens (tertiary/aromatic N) is 2. The summed E-state index contributed by atoms with van der Waals surface area (Å²) in [6, 6.07) is 9.22. The molecule has 2 aromatic rings. The zero-order chi connectivity index (χ0) is 15.2. The van der Waals surface area contributed by atoms with Gasteiger partial charge in [0.15, 0.2) is 0 Å². The number of carbonyl (C=O) groups excluding carboxylic acids is 1. The molecule has 0 radical (unpaired) electrons. The van der Waals surface area contributed by atoms with Gasteiger partial charge in [-0.25, -0.2) is 4.98 Å². The molecule has 21 heavy (non-hydrogen) atoms. The summed E-state index contributed by atoms with van der Waals surface area (Å²) in [6.45, 7) is 3.67. The quantitative estimate of drug-likeness (QED) is 0.881. The minimum Gasteiger partial charge on any atom is -0.388 e. The van der Waals surface area contributed by atoms with E-state index in [1.807, 2.05) is 44.2 Å². The number of nitrogens with one attached hydrogen (secondary N) is 1. The van der Waals surface area contributed by atoms with Crippen molar-refractivity contribution in [2.45, 2.75) is 32.4 Å². The highest BCUT2D eigenvalue weighted by Crippen LogP contribution is 2.17. The molecule has 110 valence electrons. The molecule has 5 heteroatoms. The number of aryl methyl sites for hydroxylation is 1. The van der Waals surface area contributed by atoms with Crippen molar-refractivity contribution in [1.29, 1.82) is 0 Å². The summed E-state index contributed by atoms with van der Waals surface area (Å²) in [6.07, 6.45) is 2.84. The van der Waals surface area contributed by atoms with Crippen molar-refractivity contribution in [3.05, 3.63) is 59.7 Å². The van der Waals surface area contributed by atoms with Crippen LogP contribution >= 0.6 is 0 Å². The molecular formula is C16H19N3O2. The Morgan fingerprint density at radius 2 is 1.95 bits per heavy atom. The third-order valence-electron chi connectivity index (χ3n) is 3.15. The van der Waals surface area contributed by atoms with Crippen LogP contribution in [0.25, 0.3) is 0 Å². The average molecular weight is 285 g/mol. The van der Waals surface area contributed by atoms with Crippen LogP contribution in [0, 0.1) is 6.92 Å². The second kappa shape index (κ2) is 6.95. The van der Waals surface area contributed by atoms with Gasteiger partial charge < -0.3 is 10.4 Å². The second-order valence-electron chi connectivity index (χ2n) is 5.08. The molecule has 0 aliphatic rings. The first-order chi connectivity index (χ1) is 10.1. The number of aliphatic hydroxyl groups is 1. The molecule has 2 unspecified atom stereocenters.